The summed E-state index contributed by atoms with van der Waals surface area (Å²) in [6.07, 6.45) is -0.0262. The van der Waals surface area contributed by atoms with Crippen molar-refractivity contribution in [1.29, 1.82) is 0 Å². The molecule has 2 heterocycles. The summed E-state index contributed by atoms with van der Waals surface area (Å²) in [5, 5.41) is 5.84. The van der Waals surface area contributed by atoms with Crippen molar-refractivity contribution in [3.05, 3.63) is 38.3 Å². The normalized spacial score (nSPS) is 20.9. The maximum absolute atomic E-state index is 15.5. The van der Waals surface area contributed by atoms with Crippen LogP contribution >= 0.6 is 0 Å². The molecule has 0 radical (unpaired) electrons. The molecule has 1 aromatic carbocycles. The van der Waals surface area contributed by atoms with E-state index in [1.54, 1.807) is 20.8 Å². The van der Waals surface area contributed by atoms with Gasteiger partial charge in [0.2, 0.25) is 0 Å². The Morgan fingerprint density at radius 2 is 2.06 bits per heavy atom. The van der Waals surface area contributed by atoms with Crippen LogP contribution in [0.2, 0.25) is 0 Å². The van der Waals surface area contributed by atoms with E-state index in [0.29, 0.717) is 11.2 Å². The van der Waals surface area contributed by atoms with Crippen LogP contribution in [0.15, 0.2) is 15.7 Å². The molecule has 1 aromatic heterocycles. The van der Waals surface area contributed by atoms with E-state index in [0.717, 1.165) is 18.9 Å². The molecule has 2 aromatic rings. The van der Waals surface area contributed by atoms with Gasteiger partial charge in [-0.05, 0) is 39.7 Å². The number of halogens is 1. The van der Waals surface area contributed by atoms with Gasteiger partial charge in [0.05, 0.1) is 30.7 Å². The van der Waals surface area contributed by atoms with E-state index in [9.17, 15) is 14.4 Å². The summed E-state index contributed by atoms with van der Waals surface area (Å²) >= 11 is 0. The molecule has 0 bridgehead atoms. The SMILES string of the molecule is COc1c(C2OCCNC2CNC(=O)OC(C)(C)C)c(F)cc2c(=O)n(N)c(=O)n(C3CC3)c12. The number of carbonyl (C=O) groups is 1. The van der Waals surface area contributed by atoms with Gasteiger partial charge in [0, 0.05) is 19.1 Å². The maximum Gasteiger partial charge on any atom is 0.407 e. The predicted molar refractivity (Wildman–Crippen MR) is 122 cm³/mol. The van der Waals surface area contributed by atoms with E-state index in [4.69, 9.17) is 20.1 Å². The van der Waals surface area contributed by atoms with Gasteiger partial charge in [-0.25, -0.2) is 14.0 Å². The Balaban J connectivity index is 1.79. The summed E-state index contributed by atoms with van der Waals surface area (Å²) in [5.74, 6) is 4.99. The van der Waals surface area contributed by atoms with Crippen LogP contribution in [-0.2, 0) is 9.47 Å². The number of aromatic nitrogens is 2. The molecule has 1 aliphatic heterocycles. The number of methoxy groups -OCH3 is 1. The van der Waals surface area contributed by atoms with Crippen molar-refractivity contribution < 1.29 is 23.4 Å². The van der Waals surface area contributed by atoms with Crippen LogP contribution in [-0.4, -0.2) is 53.8 Å². The predicted octanol–water partition coefficient (Wildman–Crippen LogP) is 0.914. The third kappa shape index (κ3) is 4.47. The van der Waals surface area contributed by atoms with Gasteiger partial charge in [0.15, 0.2) is 5.75 Å². The van der Waals surface area contributed by atoms with Crippen molar-refractivity contribution in [2.24, 2.45) is 0 Å². The van der Waals surface area contributed by atoms with Gasteiger partial charge in [-0.15, -0.1) is 0 Å². The largest absolute Gasteiger partial charge is 0.494 e. The van der Waals surface area contributed by atoms with E-state index in [2.05, 4.69) is 10.6 Å². The summed E-state index contributed by atoms with van der Waals surface area (Å²) in [4.78, 5) is 37.7. The minimum absolute atomic E-state index is 0.0349. The highest BCUT2D eigenvalue weighted by molar-refractivity contribution is 5.86. The number of fused-ring (bicyclic) bond motifs is 1. The quantitative estimate of drug-likeness (QED) is 0.538. The molecule has 2 atom stereocenters. The van der Waals surface area contributed by atoms with Gasteiger partial charge in [-0.1, -0.05) is 0 Å². The number of hydrogen-bond acceptors (Lipinski definition) is 8. The lowest BCUT2D eigenvalue weighted by Gasteiger charge is -2.34. The van der Waals surface area contributed by atoms with Crippen LogP contribution in [0.3, 0.4) is 0 Å². The van der Waals surface area contributed by atoms with Crippen molar-refractivity contribution in [3.63, 3.8) is 0 Å². The van der Waals surface area contributed by atoms with Crippen LogP contribution in [0.25, 0.3) is 10.9 Å². The first-order valence-corrected chi connectivity index (χ1v) is 11.2. The molecule has 2 unspecified atom stereocenters. The van der Waals surface area contributed by atoms with E-state index < -0.39 is 40.9 Å². The highest BCUT2D eigenvalue weighted by Crippen LogP contribution is 2.42. The van der Waals surface area contributed by atoms with Gasteiger partial charge in [-0.3, -0.25) is 9.36 Å². The van der Waals surface area contributed by atoms with Gasteiger partial charge in [0.25, 0.3) is 5.56 Å². The van der Waals surface area contributed by atoms with E-state index in [-0.39, 0.29) is 41.4 Å². The number of morpholine rings is 1. The smallest absolute Gasteiger partial charge is 0.407 e. The molecule has 11 nitrogen and oxygen atoms in total. The molecule has 2 aliphatic rings. The Morgan fingerprint density at radius 1 is 1.35 bits per heavy atom. The van der Waals surface area contributed by atoms with Crippen molar-refractivity contribution in [3.8, 4) is 5.75 Å². The van der Waals surface area contributed by atoms with Crippen molar-refractivity contribution in [2.75, 3.05) is 32.6 Å². The average Bonchev–Trinajstić information content (AvgIpc) is 3.60. The van der Waals surface area contributed by atoms with Gasteiger partial charge in [0.1, 0.15) is 23.0 Å². The highest BCUT2D eigenvalue weighted by Gasteiger charge is 2.37. The fourth-order valence-electron chi connectivity index (χ4n) is 4.23. The topological polar surface area (TPSA) is 139 Å². The lowest BCUT2D eigenvalue weighted by atomic mass is 9.97. The number of amides is 1. The molecule has 1 amide bonds. The van der Waals surface area contributed by atoms with E-state index in [1.165, 1.54) is 11.7 Å². The van der Waals surface area contributed by atoms with Crippen LogP contribution in [0, 0.1) is 5.82 Å². The monoisotopic (exact) mass is 479 g/mol. The minimum atomic E-state index is -0.869. The number of hydrogen-bond donors (Lipinski definition) is 3. The first-order valence-electron chi connectivity index (χ1n) is 11.2. The molecule has 4 rings (SSSR count). The summed E-state index contributed by atoms with van der Waals surface area (Å²) in [6.45, 7) is 6.11. The number of nitrogen functional groups attached to an aromatic ring is 1. The Hall–Kier alpha value is -3.12. The number of nitrogens with one attached hydrogen (secondary N) is 2. The molecule has 34 heavy (non-hydrogen) atoms. The van der Waals surface area contributed by atoms with Gasteiger partial charge >= 0.3 is 11.8 Å². The zero-order valence-electron chi connectivity index (χ0n) is 19.6. The highest BCUT2D eigenvalue weighted by atomic mass is 19.1. The minimum Gasteiger partial charge on any atom is -0.494 e. The molecule has 1 saturated carbocycles. The zero-order chi connectivity index (χ0) is 24.8. The second kappa shape index (κ2) is 8.91. The average molecular weight is 480 g/mol. The van der Waals surface area contributed by atoms with E-state index in [1.807, 2.05) is 0 Å². The van der Waals surface area contributed by atoms with E-state index >= 15 is 4.39 Å². The molecule has 1 aliphatic carbocycles. The Kier molecular flexibility index (Phi) is 6.30. The Labute approximate surface area is 194 Å². The molecular formula is C22H30FN5O6. The summed E-state index contributed by atoms with van der Waals surface area (Å²) in [5.41, 5.74) is -1.93. The van der Waals surface area contributed by atoms with Crippen LogP contribution in [0.1, 0.15) is 51.3 Å². The van der Waals surface area contributed by atoms with Crippen LogP contribution < -0.4 is 32.5 Å². The number of nitrogens with two attached hydrogens (primary N) is 1. The summed E-state index contributed by atoms with van der Waals surface area (Å²) in [7, 11) is 1.34. The van der Waals surface area contributed by atoms with Crippen molar-refractivity contribution in [2.45, 2.75) is 57.4 Å². The fraction of sp³-hybridized carbons (Fsp3) is 0.591. The third-order valence-electron chi connectivity index (χ3n) is 5.78. The number of benzene rings is 1. The number of rotatable bonds is 5. The number of nitrogens with zero attached hydrogens (tertiary/aromatic N) is 2. The molecular weight excluding hydrogens is 449 g/mol. The molecule has 0 spiro atoms. The summed E-state index contributed by atoms with van der Waals surface area (Å²) < 4.78 is 34.2. The lowest BCUT2D eigenvalue weighted by Crippen LogP contribution is -2.51. The summed E-state index contributed by atoms with van der Waals surface area (Å²) in [6, 6.07) is 0.374. The Morgan fingerprint density at radius 3 is 2.68 bits per heavy atom. The zero-order valence-corrected chi connectivity index (χ0v) is 19.6. The molecule has 186 valence electrons. The molecule has 2 fully saturated rings. The second-order valence-corrected chi connectivity index (χ2v) is 9.50. The molecule has 4 N–H and O–H groups in total. The van der Waals surface area contributed by atoms with Gasteiger partial charge in [-0.2, -0.15) is 4.68 Å². The molecule has 1 saturated heterocycles. The van der Waals surface area contributed by atoms with Gasteiger partial charge < -0.3 is 30.7 Å². The van der Waals surface area contributed by atoms with Crippen molar-refractivity contribution in [1.82, 2.24) is 19.9 Å². The maximum atomic E-state index is 15.5. The standard InChI is InChI=1S/C22H30FN5O6/c1-22(2,3)34-20(30)26-10-14-17(33-8-7-25-14)15-13(23)9-12-16(18(15)32-4)27(11-5-6-11)21(31)28(24)19(12)29/h9,11,14,17,25H,5-8,10,24H2,1-4H3,(H,26,30). The van der Waals surface area contributed by atoms with Crippen LogP contribution in [0.5, 0.6) is 5.75 Å². The first kappa shape index (κ1) is 24.0. The lowest BCUT2D eigenvalue weighted by molar-refractivity contribution is -0.00951. The van der Waals surface area contributed by atoms with Crippen molar-refractivity contribution >= 4 is 17.0 Å². The fourth-order valence-corrected chi connectivity index (χ4v) is 4.23. The third-order valence-corrected chi connectivity index (χ3v) is 5.78. The Bertz CT molecular complexity index is 1230. The second-order valence-electron chi connectivity index (χ2n) is 9.50. The number of alkyl carbamates (subject to hydrolysis) is 1. The van der Waals surface area contributed by atoms with Crippen LogP contribution in [0.4, 0.5) is 9.18 Å². The first-order chi connectivity index (χ1) is 16.0. The number of ether oxygens (including phenoxy) is 3. The molecule has 12 heteroatoms. The number of carbonyl (C=O) groups excluding carboxylic acids is 1.